The van der Waals surface area contributed by atoms with Crippen LogP contribution in [0.1, 0.15) is 0 Å². The fourth-order valence-electron chi connectivity index (χ4n) is 7.29. The first kappa shape index (κ1) is 28.2. The Hall–Kier alpha value is -6.63. The van der Waals surface area contributed by atoms with Crippen molar-refractivity contribution in [3.05, 3.63) is 152 Å². The summed E-state index contributed by atoms with van der Waals surface area (Å²) in [6, 6.07) is 52.1. The molecule has 0 aliphatic carbocycles. The zero-order valence-corrected chi connectivity index (χ0v) is 27.8. The molecule has 0 aliphatic heterocycles. The molecule has 0 atom stereocenters. The van der Waals surface area contributed by atoms with Crippen LogP contribution in [0.25, 0.3) is 109 Å². The smallest absolute Gasteiger partial charge is 0.165 e. The molecule has 0 radical (unpaired) electrons. The van der Waals surface area contributed by atoms with Crippen LogP contribution in [-0.2, 0) is 0 Å². The second-order valence-electron chi connectivity index (χ2n) is 12.8. The molecule has 0 fully saturated rings. The second-order valence-corrected chi connectivity index (χ2v) is 13.8. The van der Waals surface area contributed by atoms with Gasteiger partial charge in [-0.3, -0.25) is 0 Å². The first-order chi connectivity index (χ1) is 25.2. The van der Waals surface area contributed by atoms with Gasteiger partial charge in [0.2, 0.25) is 0 Å². The zero-order valence-electron chi connectivity index (χ0n) is 27.0. The average Bonchev–Trinajstić information content (AvgIpc) is 3.89. The van der Waals surface area contributed by atoms with Crippen molar-refractivity contribution in [3.63, 3.8) is 0 Å². The second kappa shape index (κ2) is 10.9. The van der Waals surface area contributed by atoms with E-state index in [4.69, 9.17) is 23.8 Å². The number of furan rings is 2. The van der Waals surface area contributed by atoms with Crippen LogP contribution in [0.5, 0.6) is 0 Å². The number of hydrogen-bond acceptors (Lipinski definition) is 6. The molecule has 0 bridgehead atoms. The standard InChI is InChI=1S/C45H25N3O2S/c1-2-10-26(11-3-1)27-18-20-28(21-19-27)43-46-44(29-22-23-38-33(24-29)30-12-4-7-15-36(30)49-38)48-45(47-43)35-25-34-31-13-5-8-16-37(31)50-41(34)40-32-14-6-9-17-39(32)51-42(35)40/h1-25H. The maximum Gasteiger partial charge on any atom is 0.165 e. The SMILES string of the molecule is c1ccc(-c2ccc(-c3nc(-c4ccc5oc6ccccc6c5c4)nc(-c4cc5c6ccccc6oc5c5c4sc4ccccc45)n3)cc2)cc1. The number of hydrogen-bond donors (Lipinski definition) is 0. The van der Waals surface area contributed by atoms with Crippen LogP contribution < -0.4 is 0 Å². The monoisotopic (exact) mass is 671 g/mol. The topological polar surface area (TPSA) is 65.0 Å². The van der Waals surface area contributed by atoms with Crippen molar-refractivity contribution in [2.45, 2.75) is 0 Å². The lowest BCUT2D eigenvalue weighted by molar-refractivity contribution is 0.669. The van der Waals surface area contributed by atoms with Gasteiger partial charge in [-0.05, 0) is 53.6 Å². The highest BCUT2D eigenvalue weighted by molar-refractivity contribution is 7.26. The van der Waals surface area contributed by atoms with Crippen LogP contribution in [-0.4, -0.2) is 15.0 Å². The Morgan fingerprint density at radius 1 is 0.392 bits per heavy atom. The van der Waals surface area contributed by atoms with Gasteiger partial charge in [0.25, 0.3) is 0 Å². The third-order valence-electron chi connectivity index (χ3n) is 9.75. The van der Waals surface area contributed by atoms with E-state index in [1.807, 2.05) is 48.5 Å². The van der Waals surface area contributed by atoms with Gasteiger partial charge in [-0.15, -0.1) is 11.3 Å². The predicted molar refractivity (Wildman–Crippen MR) is 209 cm³/mol. The third-order valence-corrected chi connectivity index (χ3v) is 11.0. The van der Waals surface area contributed by atoms with Crippen LogP contribution in [0.4, 0.5) is 0 Å². The number of aromatic nitrogens is 3. The number of benzene rings is 7. The van der Waals surface area contributed by atoms with Crippen LogP contribution >= 0.6 is 11.3 Å². The van der Waals surface area contributed by atoms with Crippen molar-refractivity contribution in [2.24, 2.45) is 0 Å². The van der Waals surface area contributed by atoms with Gasteiger partial charge in [0.1, 0.15) is 22.3 Å². The molecule has 6 heteroatoms. The van der Waals surface area contributed by atoms with Gasteiger partial charge < -0.3 is 8.83 Å². The number of nitrogens with zero attached hydrogens (tertiary/aromatic N) is 3. The van der Waals surface area contributed by atoms with E-state index in [1.165, 1.54) is 4.70 Å². The minimum atomic E-state index is 0.598. The Morgan fingerprint density at radius 2 is 0.961 bits per heavy atom. The van der Waals surface area contributed by atoms with E-state index in [0.717, 1.165) is 87.2 Å². The van der Waals surface area contributed by atoms with Crippen molar-refractivity contribution in [2.75, 3.05) is 0 Å². The summed E-state index contributed by atoms with van der Waals surface area (Å²) >= 11 is 1.74. The first-order valence-electron chi connectivity index (χ1n) is 16.8. The Bertz CT molecular complexity index is 3140. The molecular weight excluding hydrogens is 647 g/mol. The van der Waals surface area contributed by atoms with Gasteiger partial charge >= 0.3 is 0 Å². The van der Waals surface area contributed by atoms with Gasteiger partial charge in [0, 0.05) is 53.7 Å². The number of para-hydroxylation sites is 2. The number of rotatable bonds is 4. The lowest BCUT2D eigenvalue weighted by Gasteiger charge is -2.10. The van der Waals surface area contributed by atoms with Gasteiger partial charge in [-0.25, -0.2) is 15.0 Å². The molecule has 0 unspecified atom stereocenters. The fraction of sp³-hybridized carbons (Fsp3) is 0. The van der Waals surface area contributed by atoms with Crippen LogP contribution in [0.3, 0.4) is 0 Å². The third kappa shape index (κ3) is 4.43. The molecule has 0 N–H and O–H groups in total. The highest BCUT2D eigenvalue weighted by Crippen LogP contribution is 2.46. The molecule has 0 aliphatic rings. The summed E-state index contributed by atoms with van der Waals surface area (Å²) in [5, 5.41) is 6.43. The summed E-state index contributed by atoms with van der Waals surface area (Å²) in [7, 11) is 0. The number of thiophene rings is 1. The van der Waals surface area contributed by atoms with Crippen LogP contribution in [0, 0.1) is 0 Å². The Labute approximate surface area is 295 Å². The average molecular weight is 672 g/mol. The quantitative estimate of drug-likeness (QED) is 0.186. The molecule has 4 aromatic heterocycles. The molecule has 0 amide bonds. The maximum absolute atomic E-state index is 6.57. The Morgan fingerprint density at radius 3 is 1.76 bits per heavy atom. The van der Waals surface area contributed by atoms with Gasteiger partial charge in [0.15, 0.2) is 17.5 Å². The van der Waals surface area contributed by atoms with Crippen molar-refractivity contribution < 1.29 is 8.83 Å². The van der Waals surface area contributed by atoms with E-state index < -0.39 is 0 Å². The van der Waals surface area contributed by atoms with Crippen molar-refractivity contribution in [3.8, 4) is 45.3 Å². The summed E-state index contributed by atoms with van der Waals surface area (Å²) < 4.78 is 15.0. The molecule has 11 aromatic rings. The highest BCUT2D eigenvalue weighted by Gasteiger charge is 2.22. The van der Waals surface area contributed by atoms with E-state index in [9.17, 15) is 0 Å². The summed E-state index contributed by atoms with van der Waals surface area (Å²) in [5.74, 6) is 1.82. The van der Waals surface area contributed by atoms with E-state index >= 15 is 0 Å². The van der Waals surface area contributed by atoms with E-state index in [0.29, 0.717) is 17.5 Å². The molecule has 51 heavy (non-hydrogen) atoms. The molecule has 7 aromatic carbocycles. The molecule has 4 heterocycles. The van der Waals surface area contributed by atoms with Gasteiger partial charge in [-0.2, -0.15) is 0 Å². The van der Waals surface area contributed by atoms with Crippen molar-refractivity contribution in [1.82, 2.24) is 15.0 Å². The minimum absolute atomic E-state index is 0.598. The van der Waals surface area contributed by atoms with Gasteiger partial charge in [0.05, 0.1) is 4.70 Å². The van der Waals surface area contributed by atoms with E-state index in [2.05, 4.69) is 103 Å². The van der Waals surface area contributed by atoms with Crippen molar-refractivity contribution >= 4 is 75.4 Å². The zero-order chi connectivity index (χ0) is 33.5. The summed E-state index contributed by atoms with van der Waals surface area (Å²) in [4.78, 5) is 15.6. The Kier molecular flexibility index (Phi) is 6.05. The first-order valence-corrected chi connectivity index (χ1v) is 17.7. The number of fused-ring (bicyclic) bond motifs is 10. The largest absolute Gasteiger partial charge is 0.456 e. The molecule has 5 nitrogen and oxygen atoms in total. The van der Waals surface area contributed by atoms with Crippen LogP contribution in [0.2, 0.25) is 0 Å². The molecular formula is C45H25N3O2S. The fourth-order valence-corrected chi connectivity index (χ4v) is 8.50. The maximum atomic E-state index is 6.57. The molecule has 11 rings (SSSR count). The Balaban J connectivity index is 1.19. The molecule has 0 saturated carbocycles. The van der Waals surface area contributed by atoms with E-state index in [-0.39, 0.29) is 0 Å². The lowest BCUT2D eigenvalue weighted by Crippen LogP contribution is -2.00. The summed E-state index contributed by atoms with van der Waals surface area (Å²) in [6.45, 7) is 0. The highest BCUT2D eigenvalue weighted by atomic mass is 32.1. The van der Waals surface area contributed by atoms with E-state index in [1.54, 1.807) is 11.3 Å². The summed E-state index contributed by atoms with van der Waals surface area (Å²) in [6.07, 6.45) is 0. The molecule has 0 spiro atoms. The lowest BCUT2D eigenvalue weighted by atomic mass is 10.0. The van der Waals surface area contributed by atoms with Crippen molar-refractivity contribution in [1.29, 1.82) is 0 Å². The van der Waals surface area contributed by atoms with Gasteiger partial charge in [-0.1, -0.05) is 109 Å². The molecule has 0 saturated heterocycles. The summed E-state index contributed by atoms with van der Waals surface area (Å²) in [5.41, 5.74) is 8.48. The minimum Gasteiger partial charge on any atom is -0.456 e. The molecule has 238 valence electrons. The van der Waals surface area contributed by atoms with Crippen LogP contribution in [0.15, 0.2) is 160 Å². The normalized spacial score (nSPS) is 11.9. The predicted octanol–water partition coefficient (Wildman–Crippen LogP) is 12.7.